The summed E-state index contributed by atoms with van der Waals surface area (Å²) in [6.45, 7) is 3.69. The van der Waals surface area contributed by atoms with E-state index in [4.69, 9.17) is 4.52 Å². The van der Waals surface area contributed by atoms with E-state index < -0.39 is 0 Å². The Bertz CT molecular complexity index is 472. The Kier molecular flexibility index (Phi) is 4.56. The van der Waals surface area contributed by atoms with Gasteiger partial charge in [-0.3, -0.25) is 4.79 Å². The van der Waals surface area contributed by atoms with Crippen molar-refractivity contribution < 1.29 is 9.32 Å². The largest absolute Gasteiger partial charge is 0.342 e. The Morgan fingerprint density at radius 1 is 1.24 bits per heavy atom. The third-order valence-corrected chi connectivity index (χ3v) is 4.98. The van der Waals surface area contributed by atoms with Gasteiger partial charge in [0.1, 0.15) is 0 Å². The SMILES string of the molecule is Cc1nc(CCC2CCN(C(=O)C3CCCC3)CC2)no1. The van der Waals surface area contributed by atoms with E-state index in [1.807, 2.05) is 6.92 Å². The topological polar surface area (TPSA) is 59.2 Å². The first kappa shape index (κ1) is 14.5. The van der Waals surface area contributed by atoms with Crippen LogP contribution in [0.1, 0.15) is 56.7 Å². The molecule has 1 aromatic heterocycles. The number of hydrogen-bond donors (Lipinski definition) is 0. The van der Waals surface area contributed by atoms with E-state index in [1.165, 1.54) is 12.8 Å². The third kappa shape index (κ3) is 3.63. The molecule has 1 aromatic rings. The molecule has 1 saturated heterocycles. The molecule has 0 aromatic carbocycles. The van der Waals surface area contributed by atoms with Crippen LogP contribution in [0.25, 0.3) is 0 Å². The molecule has 0 unspecified atom stereocenters. The maximum absolute atomic E-state index is 12.4. The predicted molar refractivity (Wildman–Crippen MR) is 78.6 cm³/mol. The number of rotatable bonds is 4. The summed E-state index contributed by atoms with van der Waals surface area (Å²) in [6, 6.07) is 0. The molecule has 3 rings (SSSR count). The van der Waals surface area contributed by atoms with Crippen molar-refractivity contribution in [1.82, 2.24) is 15.0 Å². The van der Waals surface area contributed by atoms with Crippen molar-refractivity contribution in [2.75, 3.05) is 13.1 Å². The second-order valence-electron chi connectivity index (χ2n) is 6.52. The van der Waals surface area contributed by atoms with Crippen LogP contribution in [0.2, 0.25) is 0 Å². The van der Waals surface area contributed by atoms with E-state index in [9.17, 15) is 4.79 Å². The Hall–Kier alpha value is -1.39. The molecule has 21 heavy (non-hydrogen) atoms. The van der Waals surface area contributed by atoms with Crippen molar-refractivity contribution >= 4 is 5.91 Å². The van der Waals surface area contributed by atoms with Crippen LogP contribution in [-0.2, 0) is 11.2 Å². The molecule has 1 saturated carbocycles. The number of piperidine rings is 1. The minimum Gasteiger partial charge on any atom is -0.342 e. The highest BCUT2D eigenvalue weighted by atomic mass is 16.5. The summed E-state index contributed by atoms with van der Waals surface area (Å²) in [5, 5.41) is 3.95. The monoisotopic (exact) mass is 291 g/mol. The molecule has 5 heteroatoms. The molecule has 1 amide bonds. The highest BCUT2D eigenvalue weighted by Crippen LogP contribution is 2.29. The van der Waals surface area contributed by atoms with Gasteiger partial charge in [-0.1, -0.05) is 18.0 Å². The van der Waals surface area contributed by atoms with E-state index in [-0.39, 0.29) is 0 Å². The third-order valence-electron chi connectivity index (χ3n) is 4.98. The maximum atomic E-state index is 12.4. The van der Waals surface area contributed by atoms with Gasteiger partial charge >= 0.3 is 0 Å². The number of carbonyl (C=O) groups excluding carboxylic acids is 1. The lowest BCUT2D eigenvalue weighted by Crippen LogP contribution is -2.41. The molecule has 0 radical (unpaired) electrons. The van der Waals surface area contributed by atoms with Crippen LogP contribution in [0.3, 0.4) is 0 Å². The van der Waals surface area contributed by atoms with Gasteiger partial charge in [0.25, 0.3) is 0 Å². The Balaban J connectivity index is 1.41. The van der Waals surface area contributed by atoms with Crippen molar-refractivity contribution in [3.63, 3.8) is 0 Å². The maximum Gasteiger partial charge on any atom is 0.225 e. The number of carbonyl (C=O) groups is 1. The first-order valence-corrected chi connectivity index (χ1v) is 8.30. The number of amides is 1. The van der Waals surface area contributed by atoms with Crippen LogP contribution in [0.5, 0.6) is 0 Å². The molecule has 0 atom stereocenters. The van der Waals surface area contributed by atoms with E-state index in [0.29, 0.717) is 23.6 Å². The molecule has 0 spiro atoms. The number of likely N-dealkylation sites (tertiary alicyclic amines) is 1. The van der Waals surface area contributed by atoms with Crippen molar-refractivity contribution in [3.05, 3.63) is 11.7 Å². The van der Waals surface area contributed by atoms with Crippen LogP contribution < -0.4 is 0 Å². The van der Waals surface area contributed by atoms with E-state index in [1.54, 1.807) is 0 Å². The van der Waals surface area contributed by atoms with Crippen LogP contribution in [0.4, 0.5) is 0 Å². The molecule has 2 aliphatic rings. The van der Waals surface area contributed by atoms with Gasteiger partial charge in [-0.05, 0) is 38.0 Å². The first-order valence-electron chi connectivity index (χ1n) is 8.30. The van der Waals surface area contributed by atoms with Gasteiger partial charge in [0.15, 0.2) is 5.82 Å². The van der Waals surface area contributed by atoms with Gasteiger partial charge in [0.2, 0.25) is 11.8 Å². The van der Waals surface area contributed by atoms with Crippen LogP contribution in [0.15, 0.2) is 4.52 Å². The highest BCUT2D eigenvalue weighted by Gasteiger charge is 2.29. The average molecular weight is 291 g/mol. The quantitative estimate of drug-likeness (QED) is 0.856. The van der Waals surface area contributed by atoms with E-state index >= 15 is 0 Å². The molecule has 5 nitrogen and oxygen atoms in total. The average Bonchev–Trinajstić information content (AvgIpc) is 3.16. The summed E-state index contributed by atoms with van der Waals surface area (Å²) in [6.07, 6.45) is 8.91. The molecule has 2 heterocycles. The van der Waals surface area contributed by atoms with E-state index in [2.05, 4.69) is 15.0 Å². The number of hydrogen-bond acceptors (Lipinski definition) is 4. The zero-order chi connectivity index (χ0) is 14.7. The van der Waals surface area contributed by atoms with Crippen LogP contribution >= 0.6 is 0 Å². The van der Waals surface area contributed by atoms with Crippen molar-refractivity contribution in [2.45, 2.75) is 58.3 Å². The molecule has 0 bridgehead atoms. The summed E-state index contributed by atoms with van der Waals surface area (Å²) in [7, 11) is 0. The van der Waals surface area contributed by atoms with Gasteiger partial charge in [-0.25, -0.2) is 0 Å². The standard InChI is InChI=1S/C16H25N3O2/c1-12-17-15(18-21-12)7-6-13-8-10-19(11-9-13)16(20)14-4-2-3-5-14/h13-14H,2-11H2,1H3. The summed E-state index contributed by atoms with van der Waals surface area (Å²) in [4.78, 5) is 18.7. The minimum atomic E-state index is 0.323. The lowest BCUT2D eigenvalue weighted by atomic mass is 9.91. The second kappa shape index (κ2) is 6.58. The van der Waals surface area contributed by atoms with E-state index in [0.717, 1.165) is 57.4 Å². The Labute approximate surface area is 126 Å². The zero-order valence-corrected chi connectivity index (χ0v) is 12.9. The molecule has 116 valence electrons. The fourth-order valence-corrected chi connectivity index (χ4v) is 3.65. The van der Waals surface area contributed by atoms with Crippen molar-refractivity contribution in [3.8, 4) is 0 Å². The number of aromatic nitrogens is 2. The molecular weight excluding hydrogens is 266 g/mol. The van der Waals surface area contributed by atoms with Crippen LogP contribution in [-0.4, -0.2) is 34.0 Å². The molecular formula is C16H25N3O2. The van der Waals surface area contributed by atoms with Gasteiger partial charge < -0.3 is 9.42 Å². The predicted octanol–water partition coefficient (Wildman–Crippen LogP) is 2.74. The fourth-order valence-electron chi connectivity index (χ4n) is 3.65. The Morgan fingerprint density at radius 3 is 2.57 bits per heavy atom. The number of nitrogens with zero attached hydrogens (tertiary/aromatic N) is 3. The zero-order valence-electron chi connectivity index (χ0n) is 12.9. The molecule has 1 aliphatic heterocycles. The molecule has 0 N–H and O–H groups in total. The van der Waals surface area contributed by atoms with Crippen molar-refractivity contribution in [2.24, 2.45) is 11.8 Å². The summed E-state index contributed by atoms with van der Waals surface area (Å²) in [5.41, 5.74) is 0. The molecule has 1 aliphatic carbocycles. The van der Waals surface area contributed by atoms with Gasteiger partial charge in [0, 0.05) is 32.4 Å². The summed E-state index contributed by atoms with van der Waals surface area (Å²) < 4.78 is 5.00. The number of aryl methyl sites for hydroxylation is 2. The van der Waals surface area contributed by atoms with Gasteiger partial charge in [0.05, 0.1) is 0 Å². The van der Waals surface area contributed by atoms with Crippen LogP contribution in [0, 0.1) is 18.8 Å². The molecule has 2 fully saturated rings. The second-order valence-corrected chi connectivity index (χ2v) is 6.52. The first-order chi connectivity index (χ1) is 10.2. The summed E-state index contributed by atoms with van der Waals surface area (Å²) >= 11 is 0. The lowest BCUT2D eigenvalue weighted by Gasteiger charge is -2.33. The highest BCUT2D eigenvalue weighted by molar-refractivity contribution is 5.79. The fraction of sp³-hybridized carbons (Fsp3) is 0.812. The van der Waals surface area contributed by atoms with Crippen molar-refractivity contribution in [1.29, 1.82) is 0 Å². The van der Waals surface area contributed by atoms with Gasteiger partial charge in [-0.2, -0.15) is 4.98 Å². The normalized spacial score (nSPS) is 21.1. The van der Waals surface area contributed by atoms with Gasteiger partial charge in [-0.15, -0.1) is 0 Å². The minimum absolute atomic E-state index is 0.323. The summed E-state index contributed by atoms with van der Waals surface area (Å²) in [5.74, 6) is 2.89. The smallest absolute Gasteiger partial charge is 0.225 e. The lowest BCUT2D eigenvalue weighted by molar-refractivity contribution is -0.136. The Morgan fingerprint density at radius 2 is 1.95 bits per heavy atom.